The first-order chi connectivity index (χ1) is 20.2. The maximum atomic E-state index is 14.1. The number of carbonyl (C=O) groups excluding carboxylic acids is 6. The summed E-state index contributed by atoms with van der Waals surface area (Å²) in [4.78, 5) is 80.6. The molecule has 2 fully saturated rings. The standard InChI is InChI=1S/C32H52FN5O6/c1-12-13-20(25(40)28(42)34-14-18(6)33)35-27(41)23-21-19(32(21,10)11)15-38(23)29(43)26(31(7,8)9)37-30(44)36-22(16(2)3)24(39)17(4)5/h16-17,19-23,26H,6,12-15H2,1-5,7-11H3,(H,34,42)(H,35,41)(H2,36,37,44)/t19-,20?,21-,22-,23-,26+/m0/s1. The maximum Gasteiger partial charge on any atom is 0.316 e. The van der Waals surface area contributed by atoms with Crippen LogP contribution in [0.2, 0.25) is 0 Å². The molecule has 2 aliphatic rings. The van der Waals surface area contributed by atoms with Crippen LogP contribution in [0, 0.1) is 34.5 Å². The van der Waals surface area contributed by atoms with Gasteiger partial charge in [0.15, 0.2) is 5.78 Å². The van der Waals surface area contributed by atoms with Gasteiger partial charge in [-0.25, -0.2) is 9.18 Å². The number of piperidine rings is 1. The van der Waals surface area contributed by atoms with Gasteiger partial charge in [-0.2, -0.15) is 0 Å². The van der Waals surface area contributed by atoms with E-state index in [0.29, 0.717) is 6.42 Å². The highest BCUT2D eigenvalue weighted by molar-refractivity contribution is 6.38. The van der Waals surface area contributed by atoms with E-state index in [0.717, 1.165) is 0 Å². The molecule has 0 bridgehead atoms. The molecule has 1 aliphatic heterocycles. The Morgan fingerprint density at radius 3 is 2.07 bits per heavy atom. The number of carbonyl (C=O) groups is 6. The number of rotatable bonds is 14. The van der Waals surface area contributed by atoms with Gasteiger partial charge in [-0.05, 0) is 35.0 Å². The van der Waals surface area contributed by atoms with Crippen molar-refractivity contribution in [3.8, 4) is 0 Å². The first-order valence-corrected chi connectivity index (χ1v) is 15.5. The number of likely N-dealkylation sites (tertiary alicyclic amines) is 1. The number of amides is 5. The van der Waals surface area contributed by atoms with Gasteiger partial charge in [0.05, 0.1) is 18.6 Å². The van der Waals surface area contributed by atoms with Crippen LogP contribution in [0.4, 0.5) is 9.18 Å². The van der Waals surface area contributed by atoms with Crippen molar-refractivity contribution in [1.29, 1.82) is 0 Å². The molecule has 44 heavy (non-hydrogen) atoms. The van der Waals surface area contributed by atoms with Gasteiger partial charge in [0.2, 0.25) is 17.6 Å². The van der Waals surface area contributed by atoms with E-state index in [1.807, 2.05) is 27.7 Å². The molecule has 6 atom stereocenters. The molecule has 1 heterocycles. The van der Waals surface area contributed by atoms with E-state index < -0.39 is 71.5 Å². The van der Waals surface area contributed by atoms with Crippen LogP contribution < -0.4 is 21.3 Å². The van der Waals surface area contributed by atoms with Crippen LogP contribution in [0.15, 0.2) is 12.4 Å². The highest BCUT2D eigenvalue weighted by Gasteiger charge is 2.70. The second-order valence-corrected chi connectivity index (χ2v) is 14.5. The predicted octanol–water partition coefficient (Wildman–Crippen LogP) is 2.89. The van der Waals surface area contributed by atoms with Gasteiger partial charge < -0.3 is 26.2 Å². The van der Waals surface area contributed by atoms with Crippen molar-refractivity contribution in [1.82, 2.24) is 26.2 Å². The Kier molecular flexibility index (Phi) is 11.9. The van der Waals surface area contributed by atoms with E-state index in [1.54, 1.807) is 41.5 Å². The molecule has 0 aromatic carbocycles. The second kappa shape index (κ2) is 14.2. The zero-order valence-electron chi connectivity index (χ0n) is 27.9. The van der Waals surface area contributed by atoms with Crippen LogP contribution in [0.25, 0.3) is 0 Å². The molecule has 1 saturated heterocycles. The molecule has 0 radical (unpaired) electrons. The average Bonchev–Trinajstić information content (AvgIpc) is 3.22. The molecule has 1 unspecified atom stereocenters. The van der Waals surface area contributed by atoms with Crippen molar-refractivity contribution in [3.63, 3.8) is 0 Å². The van der Waals surface area contributed by atoms with Crippen LogP contribution in [-0.4, -0.2) is 77.5 Å². The second-order valence-electron chi connectivity index (χ2n) is 14.5. The lowest BCUT2D eigenvalue weighted by Gasteiger charge is -2.38. The van der Waals surface area contributed by atoms with Crippen LogP contribution in [0.5, 0.6) is 0 Å². The van der Waals surface area contributed by atoms with E-state index in [1.165, 1.54) is 4.90 Å². The van der Waals surface area contributed by atoms with Crippen LogP contribution in [0.1, 0.15) is 82.1 Å². The van der Waals surface area contributed by atoms with E-state index in [2.05, 4.69) is 27.8 Å². The number of hydrogen-bond donors (Lipinski definition) is 4. The fourth-order valence-electron chi connectivity index (χ4n) is 6.10. The first-order valence-electron chi connectivity index (χ1n) is 15.5. The summed E-state index contributed by atoms with van der Waals surface area (Å²) in [6.45, 7) is 21.2. The summed E-state index contributed by atoms with van der Waals surface area (Å²) in [6.07, 6.45) is 0.650. The largest absolute Gasteiger partial charge is 0.344 e. The van der Waals surface area contributed by atoms with Crippen molar-refractivity contribution in [3.05, 3.63) is 12.4 Å². The lowest BCUT2D eigenvalue weighted by Crippen LogP contribution is -2.62. The van der Waals surface area contributed by atoms with Crippen molar-refractivity contribution in [2.24, 2.45) is 34.5 Å². The van der Waals surface area contributed by atoms with Crippen molar-refractivity contribution < 1.29 is 33.2 Å². The molecule has 4 N–H and O–H groups in total. The Labute approximate surface area is 260 Å². The predicted molar refractivity (Wildman–Crippen MR) is 165 cm³/mol. The zero-order valence-corrected chi connectivity index (χ0v) is 27.9. The Balaban J connectivity index is 2.31. The lowest BCUT2D eigenvalue weighted by molar-refractivity contribution is -0.145. The maximum absolute atomic E-state index is 14.1. The van der Waals surface area contributed by atoms with Gasteiger partial charge in [0.25, 0.3) is 5.91 Å². The normalized spacial score (nSPS) is 22.4. The number of urea groups is 1. The number of nitrogens with one attached hydrogen (secondary N) is 4. The van der Waals surface area contributed by atoms with E-state index >= 15 is 0 Å². The molecular weight excluding hydrogens is 569 g/mol. The average molecular weight is 622 g/mol. The van der Waals surface area contributed by atoms with E-state index in [9.17, 15) is 33.2 Å². The summed E-state index contributed by atoms with van der Waals surface area (Å²) < 4.78 is 13.0. The third-order valence-electron chi connectivity index (χ3n) is 8.85. The number of halogens is 1. The molecular formula is C32H52FN5O6. The lowest BCUT2D eigenvalue weighted by atomic mass is 9.85. The molecule has 0 aromatic rings. The third kappa shape index (κ3) is 8.44. The van der Waals surface area contributed by atoms with Gasteiger partial charge in [0.1, 0.15) is 17.9 Å². The van der Waals surface area contributed by atoms with Crippen LogP contribution >= 0.6 is 0 Å². The summed E-state index contributed by atoms with van der Waals surface area (Å²) >= 11 is 0. The molecule has 0 aromatic heterocycles. The summed E-state index contributed by atoms with van der Waals surface area (Å²) in [7, 11) is 0. The smallest absolute Gasteiger partial charge is 0.316 e. The molecule has 0 spiro atoms. The minimum atomic E-state index is -1.16. The van der Waals surface area contributed by atoms with Crippen LogP contribution in [-0.2, 0) is 24.0 Å². The first kappa shape index (κ1) is 36.9. The number of Topliss-reactive ketones (excluding diaryl/α,β-unsaturated/α-hetero) is 2. The van der Waals surface area contributed by atoms with Gasteiger partial charge in [0, 0.05) is 12.5 Å². The van der Waals surface area contributed by atoms with Gasteiger partial charge in [-0.15, -0.1) is 0 Å². The Morgan fingerprint density at radius 1 is 1.00 bits per heavy atom. The Hall–Kier alpha value is -3.31. The topological polar surface area (TPSA) is 154 Å². The molecule has 2 rings (SSSR count). The van der Waals surface area contributed by atoms with E-state index in [4.69, 9.17) is 0 Å². The third-order valence-corrected chi connectivity index (χ3v) is 8.85. The summed E-state index contributed by atoms with van der Waals surface area (Å²) in [6, 6.07) is -4.52. The van der Waals surface area contributed by atoms with Crippen LogP contribution in [0.3, 0.4) is 0 Å². The monoisotopic (exact) mass is 621 g/mol. The minimum absolute atomic E-state index is 0.0322. The SMILES string of the molecule is C=C(F)CNC(=O)C(=O)C(CCC)NC(=O)[C@@H]1[C@@H]2[C@H](CN1C(=O)[C@@H](NC(=O)N[C@H](C(=O)C(C)C)C(C)C)C(C)(C)C)C2(C)C. The number of hydrogen-bond acceptors (Lipinski definition) is 6. The molecule has 5 amide bonds. The Bertz CT molecular complexity index is 1160. The highest BCUT2D eigenvalue weighted by Crippen LogP contribution is 2.65. The van der Waals surface area contributed by atoms with Crippen molar-refractivity contribution in [2.75, 3.05) is 13.1 Å². The quantitative estimate of drug-likeness (QED) is 0.219. The highest BCUT2D eigenvalue weighted by atomic mass is 19.1. The van der Waals surface area contributed by atoms with Gasteiger partial charge >= 0.3 is 6.03 Å². The molecule has 12 heteroatoms. The molecule has 11 nitrogen and oxygen atoms in total. The number of nitrogens with zero attached hydrogens (tertiary/aromatic N) is 1. The molecule has 1 aliphatic carbocycles. The molecule has 1 saturated carbocycles. The summed E-state index contributed by atoms with van der Waals surface area (Å²) in [5.74, 6) is -4.51. The molecule has 248 valence electrons. The Morgan fingerprint density at radius 2 is 1.59 bits per heavy atom. The van der Waals surface area contributed by atoms with Gasteiger partial charge in [-0.3, -0.25) is 24.0 Å². The number of ketones is 2. The number of fused-ring (bicyclic) bond motifs is 1. The summed E-state index contributed by atoms with van der Waals surface area (Å²) in [5.41, 5.74) is -0.988. The van der Waals surface area contributed by atoms with Crippen molar-refractivity contribution in [2.45, 2.75) is 106 Å². The van der Waals surface area contributed by atoms with E-state index in [-0.39, 0.29) is 47.8 Å². The van der Waals surface area contributed by atoms with Gasteiger partial charge in [-0.1, -0.05) is 82.2 Å². The summed E-state index contributed by atoms with van der Waals surface area (Å²) in [5, 5.41) is 10.4. The fourth-order valence-corrected chi connectivity index (χ4v) is 6.10. The fraction of sp³-hybridized carbons (Fsp3) is 0.750. The van der Waals surface area contributed by atoms with Crippen molar-refractivity contribution >= 4 is 35.3 Å². The zero-order chi connectivity index (χ0) is 33.9. The minimum Gasteiger partial charge on any atom is -0.344 e.